The molecule has 1 heterocycles. The van der Waals surface area contributed by atoms with Crippen molar-refractivity contribution in [2.45, 2.75) is 39.0 Å². The van der Waals surface area contributed by atoms with Crippen molar-refractivity contribution in [3.05, 3.63) is 29.3 Å². The number of carbonyl (C=O) groups is 1. The van der Waals surface area contributed by atoms with E-state index in [9.17, 15) is 4.79 Å². The Morgan fingerprint density at radius 1 is 1.17 bits per heavy atom. The smallest absolute Gasteiger partial charge is 0.161 e. The van der Waals surface area contributed by atoms with Crippen LogP contribution >= 0.6 is 0 Å². The van der Waals surface area contributed by atoms with Gasteiger partial charge in [0.25, 0.3) is 0 Å². The van der Waals surface area contributed by atoms with Crippen molar-refractivity contribution < 1.29 is 4.79 Å². The second kappa shape index (κ2) is 7.81. The average Bonchev–Trinajstić information content (AvgIpc) is 2.62. The number of carbonyl (C=O) groups excluding carboxylic acids is 1. The second-order valence-electron chi connectivity index (χ2n) is 7.19. The van der Waals surface area contributed by atoms with Gasteiger partial charge in [-0.25, -0.2) is 0 Å². The Morgan fingerprint density at radius 2 is 1.88 bits per heavy atom. The number of benzene rings is 1. The Balaban J connectivity index is 1.64. The maximum Gasteiger partial charge on any atom is 0.161 e. The molecule has 4 nitrogen and oxygen atoms in total. The molecule has 2 aliphatic rings. The molecule has 0 bridgehead atoms. The van der Waals surface area contributed by atoms with Gasteiger partial charge < -0.3 is 4.90 Å². The summed E-state index contributed by atoms with van der Waals surface area (Å²) < 4.78 is 0. The molecule has 0 aromatic heterocycles. The summed E-state index contributed by atoms with van der Waals surface area (Å²) in [5.41, 5.74) is 2.29. The lowest BCUT2D eigenvalue weighted by Gasteiger charge is -2.38. The Labute approximate surface area is 145 Å². The lowest BCUT2D eigenvalue weighted by atomic mass is 9.89. The van der Waals surface area contributed by atoms with Gasteiger partial charge in [0.15, 0.2) is 5.78 Å². The van der Waals surface area contributed by atoms with Gasteiger partial charge in [0, 0.05) is 44.0 Å². The minimum absolute atomic E-state index is 0.0686. The molecule has 2 fully saturated rings. The maximum atomic E-state index is 11.9. The summed E-state index contributed by atoms with van der Waals surface area (Å²) in [4.78, 5) is 16.8. The molecular weight excluding hydrogens is 298 g/mol. The first-order chi connectivity index (χ1) is 11.7. The van der Waals surface area contributed by atoms with Crippen LogP contribution in [0.4, 0.5) is 5.69 Å². The normalized spacial score (nSPS) is 19.9. The van der Waals surface area contributed by atoms with Crippen LogP contribution in [0.5, 0.6) is 0 Å². The standard InChI is InChI=1S/C20H27N3O/c1-16(24)19-8-7-18(14-21)13-20(19)23-11-9-22(10-12-23)15-17-5-3-2-4-6-17/h7-8,13,17H,2-6,9-12,15H2,1H3. The van der Waals surface area contributed by atoms with Crippen LogP contribution in [-0.4, -0.2) is 43.4 Å². The van der Waals surface area contributed by atoms with Crippen LogP contribution in [-0.2, 0) is 0 Å². The highest BCUT2D eigenvalue weighted by Gasteiger charge is 2.23. The summed E-state index contributed by atoms with van der Waals surface area (Å²) in [6.07, 6.45) is 6.98. The van der Waals surface area contributed by atoms with E-state index < -0.39 is 0 Å². The zero-order valence-electron chi connectivity index (χ0n) is 14.6. The van der Waals surface area contributed by atoms with Crippen LogP contribution in [0, 0.1) is 17.2 Å². The molecule has 0 N–H and O–H groups in total. The molecule has 0 unspecified atom stereocenters. The van der Waals surface area contributed by atoms with Gasteiger partial charge in [-0.05, 0) is 43.9 Å². The van der Waals surface area contributed by atoms with Gasteiger partial charge in [0.1, 0.15) is 0 Å². The predicted molar refractivity (Wildman–Crippen MR) is 96.4 cm³/mol. The molecule has 3 rings (SSSR count). The van der Waals surface area contributed by atoms with Gasteiger partial charge in [-0.15, -0.1) is 0 Å². The maximum absolute atomic E-state index is 11.9. The minimum Gasteiger partial charge on any atom is -0.368 e. The summed E-state index contributed by atoms with van der Waals surface area (Å²) in [7, 11) is 0. The molecule has 24 heavy (non-hydrogen) atoms. The van der Waals surface area contributed by atoms with Crippen LogP contribution < -0.4 is 4.90 Å². The van der Waals surface area contributed by atoms with Gasteiger partial charge in [-0.1, -0.05) is 19.3 Å². The highest BCUT2D eigenvalue weighted by molar-refractivity contribution is 6.00. The first-order valence-electron chi connectivity index (χ1n) is 9.20. The molecular formula is C20H27N3O. The lowest BCUT2D eigenvalue weighted by Crippen LogP contribution is -2.48. The number of ketones is 1. The first kappa shape index (κ1) is 17.0. The van der Waals surface area contributed by atoms with E-state index in [2.05, 4.69) is 15.9 Å². The molecule has 1 aliphatic carbocycles. The number of anilines is 1. The number of rotatable bonds is 4. The topological polar surface area (TPSA) is 47.3 Å². The average molecular weight is 325 g/mol. The zero-order valence-corrected chi connectivity index (χ0v) is 14.6. The summed E-state index contributed by atoms with van der Waals surface area (Å²) in [5.74, 6) is 0.944. The summed E-state index contributed by atoms with van der Waals surface area (Å²) >= 11 is 0. The van der Waals surface area contributed by atoms with Gasteiger partial charge in [-0.2, -0.15) is 5.26 Å². The van der Waals surface area contributed by atoms with E-state index in [1.165, 1.54) is 38.6 Å². The van der Waals surface area contributed by atoms with Crippen molar-refractivity contribution in [1.29, 1.82) is 5.26 Å². The van der Waals surface area contributed by atoms with Gasteiger partial charge in [0.2, 0.25) is 0 Å². The summed E-state index contributed by atoms with van der Waals surface area (Å²) in [5, 5.41) is 9.15. The fraction of sp³-hybridized carbons (Fsp3) is 0.600. The molecule has 1 saturated carbocycles. The minimum atomic E-state index is 0.0686. The third kappa shape index (κ3) is 3.96. The number of piperazine rings is 1. The molecule has 128 valence electrons. The van der Waals surface area contributed by atoms with Crippen LogP contribution in [0.2, 0.25) is 0 Å². The van der Waals surface area contributed by atoms with Crippen LogP contribution in [0.15, 0.2) is 18.2 Å². The van der Waals surface area contributed by atoms with Crippen LogP contribution in [0.3, 0.4) is 0 Å². The highest BCUT2D eigenvalue weighted by atomic mass is 16.1. The Morgan fingerprint density at radius 3 is 2.50 bits per heavy atom. The van der Waals surface area contributed by atoms with Gasteiger partial charge >= 0.3 is 0 Å². The molecule has 0 amide bonds. The van der Waals surface area contributed by atoms with Crippen LogP contribution in [0.1, 0.15) is 54.9 Å². The SMILES string of the molecule is CC(=O)c1ccc(C#N)cc1N1CCN(CC2CCCCC2)CC1. The van der Waals surface area contributed by atoms with E-state index in [0.29, 0.717) is 5.56 Å². The lowest BCUT2D eigenvalue weighted by molar-refractivity contribution is 0.101. The van der Waals surface area contributed by atoms with Crippen molar-refractivity contribution in [3.63, 3.8) is 0 Å². The number of hydrogen-bond acceptors (Lipinski definition) is 4. The molecule has 1 aromatic rings. The van der Waals surface area contributed by atoms with E-state index in [1.807, 2.05) is 6.07 Å². The molecule has 0 spiro atoms. The molecule has 1 aromatic carbocycles. The summed E-state index contributed by atoms with van der Waals surface area (Å²) in [6.45, 7) is 6.79. The zero-order chi connectivity index (χ0) is 16.9. The van der Waals surface area contributed by atoms with Crippen molar-refractivity contribution in [2.75, 3.05) is 37.6 Å². The Bertz CT molecular complexity index is 620. The second-order valence-corrected chi connectivity index (χ2v) is 7.19. The van der Waals surface area contributed by atoms with Crippen molar-refractivity contribution in [2.24, 2.45) is 5.92 Å². The van der Waals surface area contributed by atoms with Crippen molar-refractivity contribution >= 4 is 11.5 Å². The quantitative estimate of drug-likeness (QED) is 0.795. The molecule has 0 radical (unpaired) electrons. The monoisotopic (exact) mass is 325 g/mol. The number of nitriles is 1. The van der Waals surface area contributed by atoms with Crippen molar-refractivity contribution in [3.8, 4) is 6.07 Å². The molecule has 1 aliphatic heterocycles. The molecule has 1 saturated heterocycles. The number of hydrogen-bond donors (Lipinski definition) is 0. The third-order valence-electron chi connectivity index (χ3n) is 5.46. The van der Waals surface area contributed by atoms with E-state index >= 15 is 0 Å². The number of nitrogens with zero attached hydrogens (tertiary/aromatic N) is 3. The van der Waals surface area contributed by atoms with E-state index in [0.717, 1.165) is 43.3 Å². The fourth-order valence-electron chi connectivity index (χ4n) is 4.07. The highest BCUT2D eigenvalue weighted by Crippen LogP contribution is 2.27. The van der Waals surface area contributed by atoms with Gasteiger partial charge in [0.05, 0.1) is 11.6 Å². The van der Waals surface area contributed by atoms with E-state index in [1.54, 1.807) is 19.1 Å². The Hall–Kier alpha value is -1.86. The van der Waals surface area contributed by atoms with Crippen molar-refractivity contribution in [1.82, 2.24) is 4.90 Å². The predicted octanol–water partition coefficient (Wildman–Crippen LogP) is 3.46. The summed E-state index contributed by atoms with van der Waals surface area (Å²) in [6, 6.07) is 7.59. The molecule has 0 atom stereocenters. The first-order valence-corrected chi connectivity index (χ1v) is 9.20. The largest absolute Gasteiger partial charge is 0.368 e. The number of Topliss-reactive ketones (excluding diaryl/α,β-unsaturated/α-hetero) is 1. The third-order valence-corrected chi connectivity index (χ3v) is 5.46. The van der Waals surface area contributed by atoms with Crippen LogP contribution in [0.25, 0.3) is 0 Å². The van der Waals surface area contributed by atoms with E-state index in [4.69, 9.17) is 5.26 Å². The fourth-order valence-corrected chi connectivity index (χ4v) is 4.07. The molecule has 4 heteroatoms. The van der Waals surface area contributed by atoms with Gasteiger partial charge in [-0.3, -0.25) is 9.69 Å². The Kier molecular flexibility index (Phi) is 5.52. The van der Waals surface area contributed by atoms with E-state index in [-0.39, 0.29) is 5.78 Å².